The Morgan fingerprint density at radius 1 is 1.32 bits per heavy atom. The van der Waals surface area contributed by atoms with E-state index in [2.05, 4.69) is 26.2 Å². The summed E-state index contributed by atoms with van der Waals surface area (Å²) in [5.74, 6) is 0.676. The minimum Gasteiger partial charge on any atom is -0.344 e. The molecular weight excluding hydrogens is 399 g/mol. The van der Waals surface area contributed by atoms with Gasteiger partial charge in [0.05, 0.1) is 17.2 Å². The van der Waals surface area contributed by atoms with Gasteiger partial charge in [0.25, 0.3) is 0 Å². The first-order chi connectivity index (χ1) is 13.3. The first-order valence-corrected chi connectivity index (χ1v) is 11.8. The summed E-state index contributed by atoms with van der Waals surface area (Å²) in [6.45, 7) is 4.00. The highest BCUT2D eigenvalue weighted by molar-refractivity contribution is 8.14. The van der Waals surface area contributed by atoms with E-state index in [0.29, 0.717) is 17.3 Å². The number of aryl methyl sites for hydroxylation is 1. The number of halogens is 1. The summed E-state index contributed by atoms with van der Waals surface area (Å²) in [5.41, 5.74) is 7.12. The predicted molar refractivity (Wildman–Crippen MR) is 112 cm³/mol. The van der Waals surface area contributed by atoms with Gasteiger partial charge in [-0.15, -0.1) is 0 Å². The minimum atomic E-state index is -2.95. The Morgan fingerprint density at radius 2 is 2.11 bits per heavy atom. The first-order valence-electron chi connectivity index (χ1n) is 9.02. The summed E-state index contributed by atoms with van der Waals surface area (Å²) in [5, 5.41) is 4.98. The second-order valence-corrected chi connectivity index (χ2v) is 10.2. The Hall–Kier alpha value is -2.13. The van der Waals surface area contributed by atoms with Crippen LogP contribution < -0.4 is 5.43 Å². The molecule has 0 radical (unpaired) electrons. The highest BCUT2D eigenvalue weighted by Crippen LogP contribution is 2.30. The van der Waals surface area contributed by atoms with Gasteiger partial charge in [0.1, 0.15) is 11.5 Å². The quantitative estimate of drug-likeness (QED) is 0.826. The van der Waals surface area contributed by atoms with E-state index in [-0.39, 0.29) is 29.1 Å². The number of para-hydroxylation sites is 1. The van der Waals surface area contributed by atoms with Gasteiger partial charge in [-0.1, -0.05) is 23.9 Å². The predicted octanol–water partition coefficient (Wildman–Crippen LogP) is 3.33. The van der Waals surface area contributed by atoms with Gasteiger partial charge in [-0.2, -0.15) is 5.10 Å². The van der Waals surface area contributed by atoms with Crippen molar-refractivity contribution >= 4 is 38.2 Å². The molecule has 2 aliphatic heterocycles. The third-order valence-electron chi connectivity index (χ3n) is 5.08. The third-order valence-corrected chi connectivity index (χ3v) is 7.70. The van der Waals surface area contributed by atoms with Crippen LogP contribution in [0.4, 0.5) is 10.1 Å². The van der Waals surface area contributed by atoms with E-state index in [0.717, 1.165) is 22.7 Å². The van der Waals surface area contributed by atoms with Crippen LogP contribution in [0.5, 0.6) is 0 Å². The van der Waals surface area contributed by atoms with Crippen molar-refractivity contribution in [3.63, 3.8) is 0 Å². The zero-order valence-corrected chi connectivity index (χ0v) is 17.3. The van der Waals surface area contributed by atoms with E-state index in [9.17, 15) is 12.8 Å². The summed E-state index contributed by atoms with van der Waals surface area (Å²) >= 11 is 1.46. The molecule has 1 N–H and O–H groups in total. The van der Waals surface area contributed by atoms with Crippen LogP contribution in [-0.2, 0) is 9.84 Å². The molecule has 1 fully saturated rings. The van der Waals surface area contributed by atoms with Crippen LogP contribution in [0.25, 0.3) is 0 Å². The zero-order valence-electron chi connectivity index (χ0n) is 15.6. The van der Waals surface area contributed by atoms with E-state index >= 15 is 0 Å². The van der Waals surface area contributed by atoms with Crippen molar-refractivity contribution in [1.82, 2.24) is 9.99 Å². The normalized spacial score (nSPS) is 22.9. The fourth-order valence-electron chi connectivity index (χ4n) is 3.77. The van der Waals surface area contributed by atoms with Gasteiger partial charge >= 0.3 is 0 Å². The average Bonchev–Trinajstić information content (AvgIpc) is 3.16. The number of aromatic nitrogens is 1. The maximum Gasteiger partial charge on any atom is 0.182 e. The van der Waals surface area contributed by atoms with E-state index in [1.54, 1.807) is 18.2 Å². The van der Waals surface area contributed by atoms with Crippen LogP contribution in [0.2, 0.25) is 0 Å². The number of nitrogens with zero attached hydrogens (tertiary/aromatic N) is 3. The molecule has 0 amide bonds. The molecule has 2 aromatic rings. The number of benzene rings is 1. The number of hydrogen-bond acceptors (Lipinski definition) is 5. The van der Waals surface area contributed by atoms with Gasteiger partial charge in [-0.3, -0.25) is 5.43 Å². The van der Waals surface area contributed by atoms with Gasteiger partial charge in [0.15, 0.2) is 15.0 Å². The highest BCUT2D eigenvalue weighted by Gasteiger charge is 2.31. The lowest BCUT2D eigenvalue weighted by atomic mass is 10.1. The lowest BCUT2D eigenvalue weighted by Gasteiger charge is -2.18. The fourth-order valence-corrected chi connectivity index (χ4v) is 6.24. The van der Waals surface area contributed by atoms with Crippen LogP contribution in [-0.4, -0.2) is 41.1 Å². The van der Waals surface area contributed by atoms with Crippen LogP contribution in [0.15, 0.2) is 40.4 Å². The van der Waals surface area contributed by atoms with Crippen molar-refractivity contribution in [2.24, 2.45) is 10.1 Å². The molecule has 0 aliphatic carbocycles. The Balaban J connectivity index is 1.57. The first kappa shape index (κ1) is 19.2. The molecule has 0 saturated carbocycles. The van der Waals surface area contributed by atoms with Gasteiger partial charge in [-0.25, -0.2) is 17.8 Å². The number of aliphatic imine (C=N–C) groups is 1. The SMILES string of the molecule is Cc1cc(C2=NNC(=Nc3ccccc3F)SC2)c(C)n1C1CCS(=O)(=O)C1. The number of amidine groups is 1. The molecule has 0 spiro atoms. The molecule has 4 rings (SSSR count). The summed E-state index contributed by atoms with van der Waals surface area (Å²) < 4.78 is 39.6. The number of sulfone groups is 1. The van der Waals surface area contributed by atoms with E-state index < -0.39 is 9.84 Å². The Morgan fingerprint density at radius 3 is 2.75 bits per heavy atom. The molecule has 1 aromatic heterocycles. The van der Waals surface area contributed by atoms with Gasteiger partial charge in [0.2, 0.25) is 0 Å². The summed E-state index contributed by atoms with van der Waals surface area (Å²) in [6, 6.07) is 8.40. The molecule has 6 nitrogen and oxygen atoms in total. The van der Waals surface area contributed by atoms with Gasteiger partial charge in [0, 0.05) is 28.7 Å². The van der Waals surface area contributed by atoms with Crippen molar-refractivity contribution in [2.75, 3.05) is 17.3 Å². The molecule has 1 aromatic carbocycles. The lowest BCUT2D eigenvalue weighted by molar-refractivity contribution is 0.535. The second-order valence-electron chi connectivity index (χ2n) is 7.04. The van der Waals surface area contributed by atoms with E-state index in [1.807, 2.05) is 13.8 Å². The zero-order chi connectivity index (χ0) is 19.9. The van der Waals surface area contributed by atoms with Gasteiger partial charge < -0.3 is 4.57 Å². The Labute approximate surface area is 167 Å². The third kappa shape index (κ3) is 3.73. The molecule has 148 valence electrons. The molecule has 9 heteroatoms. The van der Waals surface area contributed by atoms with Crippen molar-refractivity contribution in [2.45, 2.75) is 26.3 Å². The topological polar surface area (TPSA) is 75.8 Å². The monoisotopic (exact) mass is 420 g/mol. The molecule has 3 heterocycles. The van der Waals surface area contributed by atoms with Gasteiger partial charge in [-0.05, 0) is 38.5 Å². The molecular formula is C19H21FN4O2S2. The number of rotatable bonds is 3. The van der Waals surface area contributed by atoms with Crippen LogP contribution in [0, 0.1) is 19.7 Å². The van der Waals surface area contributed by atoms with Crippen LogP contribution >= 0.6 is 11.8 Å². The lowest BCUT2D eigenvalue weighted by Crippen LogP contribution is -2.25. The second kappa shape index (κ2) is 7.36. The molecule has 1 unspecified atom stereocenters. The minimum absolute atomic E-state index is 0.0123. The maximum atomic E-state index is 13.8. The van der Waals surface area contributed by atoms with E-state index in [4.69, 9.17) is 0 Å². The summed E-state index contributed by atoms with van der Waals surface area (Å²) in [7, 11) is -2.95. The highest BCUT2D eigenvalue weighted by atomic mass is 32.2. The largest absolute Gasteiger partial charge is 0.344 e. The van der Waals surface area contributed by atoms with Crippen molar-refractivity contribution < 1.29 is 12.8 Å². The number of hydrogen-bond donors (Lipinski definition) is 1. The van der Waals surface area contributed by atoms with E-state index in [1.165, 1.54) is 17.8 Å². The molecule has 0 bridgehead atoms. The molecule has 28 heavy (non-hydrogen) atoms. The average molecular weight is 421 g/mol. The number of nitrogens with one attached hydrogen (secondary N) is 1. The molecule has 2 aliphatic rings. The van der Waals surface area contributed by atoms with Crippen LogP contribution in [0.3, 0.4) is 0 Å². The fraction of sp³-hybridized carbons (Fsp3) is 0.368. The van der Waals surface area contributed by atoms with Crippen LogP contribution in [0.1, 0.15) is 29.4 Å². The molecule has 1 atom stereocenters. The smallest absolute Gasteiger partial charge is 0.182 e. The summed E-state index contributed by atoms with van der Waals surface area (Å²) in [6.07, 6.45) is 0.650. The van der Waals surface area contributed by atoms with Crippen molar-refractivity contribution in [3.05, 3.63) is 53.1 Å². The van der Waals surface area contributed by atoms with Crippen molar-refractivity contribution in [1.29, 1.82) is 0 Å². The number of hydrazone groups is 1. The maximum absolute atomic E-state index is 13.8. The number of thioether (sulfide) groups is 1. The Bertz CT molecular complexity index is 1090. The Kier molecular flexibility index (Phi) is 5.05. The van der Waals surface area contributed by atoms with Crippen molar-refractivity contribution in [3.8, 4) is 0 Å². The molecule has 1 saturated heterocycles. The summed E-state index contributed by atoms with van der Waals surface area (Å²) in [4.78, 5) is 4.28. The standard InChI is InChI=1S/C19H21FN4O2S2/c1-12-9-15(13(2)24(12)14-7-8-28(25,26)11-14)18-10-27-19(23-22-18)21-17-6-4-3-5-16(17)20/h3-6,9,14H,7-8,10-11H2,1-2H3,(H,21,23).